The van der Waals surface area contributed by atoms with E-state index in [0.29, 0.717) is 25.1 Å². The Labute approximate surface area is 247 Å². The minimum absolute atomic E-state index is 0.0363. The molecule has 1 saturated carbocycles. The first-order chi connectivity index (χ1) is 20.5. The van der Waals surface area contributed by atoms with Crippen LogP contribution in [0.2, 0.25) is 0 Å². The summed E-state index contributed by atoms with van der Waals surface area (Å²) < 4.78 is 6.60. The van der Waals surface area contributed by atoms with E-state index >= 15 is 0 Å². The molecule has 1 amide bonds. The number of phenolic OH excluding ortho intramolecular Hbond substituents is 1. The highest BCUT2D eigenvalue weighted by molar-refractivity contribution is 5.98. The summed E-state index contributed by atoms with van der Waals surface area (Å²) in [6, 6.07) is 11.3. The molecule has 2 fully saturated rings. The normalized spacial score (nSPS) is 31.1. The Balaban J connectivity index is 0.000000286. The fourth-order valence-electron chi connectivity index (χ4n) is 8.12. The van der Waals surface area contributed by atoms with Crippen molar-refractivity contribution in [2.45, 2.75) is 73.6 Å². The number of nitrogens with zero attached hydrogens (tertiary/aromatic N) is 2. The molecule has 1 saturated heterocycles. The first kappa shape index (κ1) is 29.1. The van der Waals surface area contributed by atoms with Gasteiger partial charge in [0.05, 0.1) is 17.1 Å². The maximum Gasteiger partial charge on any atom is 0.335 e. The molecule has 3 aliphatic heterocycles. The zero-order valence-corrected chi connectivity index (χ0v) is 23.3. The Hall–Kier alpha value is -3.97. The number of fused-ring (bicyclic) bond motifs is 1. The molecule has 228 valence electrons. The molecule has 12 nitrogen and oxygen atoms in total. The number of aliphatic carboxylic acids is 2. The number of hydrogen-bond donors (Lipinski definition) is 6. The van der Waals surface area contributed by atoms with Crippen molar-refractivity contribution in [1.29, 1.82) is 0 Å². The molecular formula is C31H34N2O10. The van der Waals surface area contributed by atoms with E-state index in [4.69, 9.17) is 25.2 Å². The van der Waals surface area contributed by atoms with Crippen LogP contribution in [0.5, 0.6) is 11.5 Å². The summed E-state index contributed by atoms with van der Waals surface area (Å²) >= 11 is 0. The predicted molar refractivity (Wildman–Crippen MR) is 150 cm³/mol. The SMILES string of the molecule is C=CCN1CC[C@]23c4c5ccc(O)c4O[C@H]2[C@H](N2Cc4ccccc4C2=O)CCC3(O)[C@H]1C5.O=C(O)C(O)C(O)C(=O)O. The van der Waals surface area contributed by atoms with E-state index in [-0.39, 0.29) is 29.8 Å². The van der Waals surface area contributed by atoms with E-state index in [2.05, 4.69) is 11.5 Å². The number of ether oxygens (including phenoxy) is 1. The van der Waals surface area contributed by atoms with Crippen LogP contribution >= 0.6 is 0 Å². The van der Waals surface area contributed by atoms with Crippen molar-refractivity contribution in [3.05, 3.63) is 71.3 Å². The molecule has 2 aromatic rings. The van der Waals surface area contributed by atoms with Crippen LogP contribution < -0.4 is 4.74 Å². The lowest BCUT2D eigenvalue weighted by molar-refractivity contribution is -0.196. The van der Waals surface area contributed by atoms with Gasteiger partial charge in [-0.05, 0) is 55.5 Å². The van der Waals surface area contributed by atoms with E-state index in [0.717, 1.165) is 48.2 Å². The van der Waals surface area contributed by atoms with Gasteiger partial charge < -0.3 is 40.3 Å². The molecule has 2 aliphatic carbocycles. The van der Waals surface area contributed by atoms with Crippen molar-refractivity contribution < 1.29 is 49.8 Å². The third kappa shape index (κ3) is 4.08. The van der Waals surface area contributed by atoms with Crippen molar-refractivity contribution in [2.24, 2.45) is 0 Å². The number of carbonyl (C=O) groups is 3. The molecule has 7 rings (SSSR count). The van der Waals surface area contributed by atoms with Crippen LogP contribution in [0.25, 0.3) is 0 Å². The van der Waals surface area contributed by atoms with Gasteiger partial charge in [0.1, 0.15) is 6.10 Å². The van der Waals surface area contributed by atoms with Crippen molar-refractivity contribution in [1.82, 2.24) is 9.80 Å². The second-order valence-corrected chi connectivity index (χ2v) is 11.9. The summed E-state index contributed by atoms with van der Waals surface area (Å²) in [6.45, 7) is 6.06. The zero-order chi connectivity index (χ0) is 30.8. The highest BCUT2D eigenvalue weighted by atomic mass is 16.5. The summed E-state index contributed by atoms with van der Waals surface area (Å²) in [5.74, 6) is -2.85. The molecule has 2 bridgehead atoms. The fraction of sp³-hybridized carbons (Fsp3) is 0.452. The number of phenols is 1. The first-order valence-electron chi connectivity index (χ1n) is 14.3. The standard InChI is InChI=1S/C27H28N2O4.C4H6O6/c1-2-12-28-13-11-26-22-16-7-8-20(30)23(22)33-24(26)19(9-10-27(26,32)21(28)14-16)29-15-17-5-3-4-6-18(17)25(29)31;5-1(3(7)8)2(6)4(9)10/h2-8,19,21,24,30,32H,1,9-15H2;1-2,5-6H,(H,7,8)(H,9,10)/t19-,21-,24+,26+,27?;/m1./s1. The highest BCUT2D eigenvalue weighted by Gasteiger charge is 2.73. The topological polar surface area (TPSA) is 188 Å². The predicted octanol–water partition coefficient (Wildman–Crippen LogP) is 0.634. The molecule has 43 heavy (non-hydrogen) atoms. The number of aliphatic hydroxyl groups excluding tert-OH is 2. The number of carboxylic acids is 2. The van der Waals surface area contributed by atoms with Gasteiger partial charge in [0.2, 0.25) is 0 Å². The second-order valence-electron chi connectivity index (χ2n) is 11.9. The smallest absolute Gasteiger partial charge is 0.335 e. The summed E-state index contributed by atoms with van der Waals surface area (Å²) in [5, 5.41) is 55.7. The molecule has 3 heterocycles. The summed E-state index contributed by atoms with van der Waals surface area (Å²) in [5.41, 5.74) is 2.33. The monoisotopic (exact) mass is 594 g/mol. The molecule has 3 unspecified atom stereocenters. The number of carboxylic acid groups (broad SMARTS) is 2. The average Bonchev–Trinajstić information content (AvgIpc) is 3.51. The van der Waals surface area contributed by atoms with Gasteiger partial charge in [0.15, 0.2) is 23.7 Å². The maximum atomic E-state index is 13.4. The van der Waals surface area contributed by atoms with Gasteiger partial charge >= 0.3 is 11.9 Å². The van der Waals surface area contributed by atoms with Gasteiger partial charge in [-0.2, -0.15) is 0 Å². The van der Waals surface area contributed by atoms with E-state index < -0.39 is 35.2 Å². The molecule has 6 N–H and O–H groups in total. The molecule has 5 aliphatic rings. The molecule has 12 heteroatoms. The Kier molecular flexibility index (Phi) is 7.00. The van der Waals surface area contributed by atoms with Crippen molar-refractivity contribution >= 4 is 17.8 Å². The number of benzene rings is 2. The first-order valence-corrected chi connectivity index (χ1v) is 14.3. The van der Waals surface area contributed by atoms with Gasteiger partial charge in [-0.25, -0.2) is 9.59 Å². The Morgan fingerprint density at radius 3 is 2.42 bits per heavy atom. The average molecular weight is 595 g/mol. The number of amides is 1. The minimum atomic E-state index is -2.27. The Morgan fingerprint density at radius 1 is 1.07 bits per heavy atom. The third-order valence-corrected chi connectivity index (χ3v) is 9.96. The quantitative estimate of drug-likeness (QED) is 0.258. The summed E-state index contributed by atoms with van der Waals surface area (Å²) in [7, 11) is 0. The van der Waals surface area contributed by atoms with E-state index in [9.17, 15) is 24.6 Å². The van der Waals surface area contributed by atoms with Gasteiger partial charge in [0.25, 0.3) is 5.91 Å². The molecule has 7 atom stereocenters. The number of hydrogen-bond acceptors (Lipinski definition) is 9. The number of aromatic hydroxyl groups is 1. The van der Waals surface area contributed by atoms with Gasteiger partial charge in [-0.3, -0.25) is 9.69 Å². The molecule has 1 spiro atoms. The van der Waals surface area contributed by atoms with E-state index in [1.807, 2.05) is 41.3 Å². The Bertz CT molecular complexity index is 1490. The molecule has 0 radical (unpaired) electrons. The maximum absolute atomic E-state index is 13.4. The van der Waals surface area contributed by atoms with Gasteiger partial charge in [-0.15, -0.1) is 6.58 Å². The highest BCUT2D eigenvalue weighted by Crippen LogP contribution is 2.66. The lowest BCUT2D eigenvalue weighted by Gasteiger charge is -2.64. The van der Waals surface area contributed by atoms with Crippen LogP contribution in [0.1, 0.15) is 46.3 Å². The zero-order valence-electron chi connectivity index (χ0n) is 23.3. The van der Waals surface area contributed by atoms with Crippen molar-refractivity contribution in [3.8, 4) is 11.5 Å². The van der Waals surface area contributed by atoms with Crippen LogP contribution in [0, 0.1) is 0 Å². The van der Waals surface area contributed by atoms with Crippen molar-refractivity contribution in [2.75, 3.05) is 13.1 Å². The van der Waals surface area contributed by atoms with Crippen LogP contribution in [0.3, 0.4) is 0 Å². The fourth-order valence-corrected chi connectivity index (χ4v) is 8.12. The largest absolute Gasteiger partial charge is 0.504 e. The number of aliphatic hydroxyl groups is 3. The number of carbonyl (C=O) groups excluding carboxylic acids is 1. The summed E-state index contributed by atoms with van der Waals surface area (Å²) in [4.78, 5) is 37.3. The van der Waals surface area contributed by atoms with E-state index in [1.165, 1.54) is 0 Å². The van der Waals surface area contributed by atoms with Crippen LogP contribution in [0.4, 0.5) is 0 Å². The number of piperidine rings is 1. The second kappa shape index (κ2) is 10.3. The van der Waals surface area contributed by atoms with Gasteiger partial charge in [-0.1, -0.05) is 30.3 Å². The lowest BCUT2D eigenvalue weighted by atomic mass is 9.48. The van der Waals surface area contributed by atoms with Crippen LogP contribution in [-0.4, -0.2) is 107 Å². The minimum Gasteiger partial charge on any atom is -0.504 e. The lowest BCUT2D eigenvalue weighted by Crippen LogP contribution is -2.78. The number of likely N-dealkylation sites (tertiary alicyclic amines) is 1. The van der Waals surface area contributed by atoms with E-state index in [1.54, 1.807) is 6.07 Å². The summed E-state index contributed by atoms with van der Waals surface area (Å²) in [6.07, 6.45) is -0.277. The van der Waals surface area contributed by atoms with Crippen LogP contribution in [-0.2, 0) is 28.0 Å². The van der Waals surface area contributed by atoms with Crippen LogP contribution in [0.15, 0.2) is 49.1 Å². The van der Waals surface area contributed by atoms with Crippen molar-refractivity contribution in [3.63, 3.8) is 0 Å². The molecular weight excluding hydrogens is 560 g/mol. The Morgan fingerprint density at radius 2 is 1.77 bits per heavy atom. The van der Waals surface area contributed by atoms with Gasteiger partial charge in [0, 0.05) is 30.3 Å². The number of rotatable bonds is 6. The third-order valence-electron chi connectivity index (χ3n) is 9.96. The molecule has 2 aromatic carbocycles. The molecule has 0 aromatic heterocycles.